The fourth-order valence-corrected chi connectivity index (χ4v) is 3.12. The molecule has 0 fully saturated rings. The van der Waals surface area contributed by atoms with Crippen molar-refractivity contribution < 1.29 is 4.79 Å². The number of nitrogens with zero attached hydrogens (tertiary/aromatic N) is 1. The summed E-state index contributed by atoms with van der Waals surface area (Å²) in [4.78, 5) is 24.6. The van der Waals surface area contributed by atoms with Crippen LogP contribution >= 0.6 is 0 Å². The van der Waals surface area contributed by atoms with E-state index in [1.807, 2.05) is 54.6 Å². The van der Waals surface area contributed by atoms with Crippen LogP contribution in [0.5, 0.6) is 0 Å². The van der Waals surface area contributed by atoms with E-state index in [9.17, 15) is 9.59 Å². The first-order valence-electron chi connectivity index (χ1n) is 8.84. The number of carbonyl (C=O) groups excluding carboxylic acids is 1. The van der Waals surface area contributed by atoms with Gasteiger partial charge in [0.1, 0.15) is 0 Å². The molecule has 28 heavy (non-hydrogen) atoms. The van der Waals surface area contributed by atoms with E-state index in [4.69, 9.17) is 5.73 Å². The third-order valence-corrected chi connectivity index (χ3v) is 4.51. The van der Waals surface area contributed by atoms with Crippen molar-refractivity contribution in [3.05, 3.63) is 94.3 Å². The van der Waals surface area contributed by atoms with Crippen molar-refractivity contribution in [2.45, 2.75) is 6.54 Å². The third-order valence-electron chi connectivity index (χ3n) is 4.51. The van der Waals surface area contributed by atoms with E-state index < -0.39 is 0 Å². The van der Waals surface area contributed by atoms with Gasteiger partial charge in [-0.05, 0) is 35.9 Å². The number of carbonyl (C=O) groups is 1. The number of benzene rings is 3. The number of nitrogens with two attached hydrogens (primary N) is 1. The summed E-state index contributed by atoms with van der Waals surface area (Å²) in [5, 5.41) is 11.0. The van der Waals surface area contributed by atoms with Gasteiger partial charge in [-0.15, -0.1) is 0 Å². The summed E-state index contributed by atoms with van der Waals surface area (Å²) in [6.07, 6.45) is 0. The first kappa shape index (κ1) is 17.6. The summed E-state index contributed by atoms with van der Waals surface area (Å²) in [5.41, 5.74) is 8.93. The zero-order chi connectivity index (χ0) is 19.5. The fourth-order valence-electron chi connectivity index (χ4n) is 3.12. The summed E-state index contributed by atoms with van der Waals surface area (Å²) in [5.74, 6) is -0.216. The van der Waals surface area contributed by atoms with E-state index in [0.29, 0.717) is 28.9 Å². The van der Waals surface area contributed by atoms with Crippen LogP contribution < -0.4 is 16.6 Å². The highest BCUT2D eigenvalue weighted by molar-refractivity contribution is 6.05. The molecule has 4 aromatic rings. The summed E-state index contributed by atoms with van der Waals surface area (Å²) < 4.78 is 0. The second kappa shape index (κ2) is 7.46. The lowest BCUT2D eigenvalue weighted by Gasteiger charge is -2.09. The molecule has 1 aromatic heterocycles. The molecule has 138 valence electrons. The Morgan fingerprint density at radius 3 is 2.57 bits per heavy atom. The lowest BCUT2D eigenvalue weighted by molar-refractivity contribution is 0.102. The van der Waals surface area contributed by atoms with E-state index in [1.165, 1.54) is 0 Å². The molecule has 0 spiro atoms. The summed E-state index contributed by atoms with van der Waals surface area (Å²) >= 11 is 0. The number of amides is 1. The Labute approximate surface area is 161 Å². The molecule has 0 bridgehead atoms. The van der Waals surface area contributed by atoms with Gasteiger partial charge in [0.25, 0.3) is 11.5 Å². The van der Waals surface area contributed by atoms with Crippen LogP contribution in [0.25, 0.3) is 22.0 Å². The maximum Gasteiger partial charge on any atom is 0.272 e. The standard InChI is InChI=1S/C22H18N4O2/c23-13-14-5-3-7-16(11-14)21(27)24-17-8-4-6-15(12-17)20-18-9-1-2-10-19(18)22(28)26-25-20/h1-12H,13,23H2,(H,24,27)(H,26,28). The number of aromatic nitrogens is 2. The highest BCUT2D eigenvalue weighted by Crippen LogP contribution is 2.26. The van der Waals surface area contributed by atoms with Crippen molar-refractivity contribution in [3.8, 4) is 11.3 Å². The molecule has 0 saturated carbocycles. The fraction of sp³-hybridized carbons (Fsp3) is 0.0455. The van der Waals surface area contributed by atoms with Gasteiger partial charge in [-0.3, -0.25) is 9.59 Å². The SMILES string of the molecule is NCc1cccc(C(=O)Nc2cccc(-c3n[nH]c(=O)c4ccccc34)c2)c1. The smallest absolute Gasteiger partial charge is 0.272 e. The maximum absolute atomic E-state index is 12.6. The van der Waals surface area contributed by atoms with E-state index in [2.05, 4.69) is 15.5 Å². The Bertz CT molecular complexity index is 1230. The predicted molar refractivity (Wildman–Crippen MR) is 110 cm³/mol. The minimum absolute atomic E-state index is 0.216. The lowest BCUT2D eigenvalue weighted by atomic mass is 10.0. The molecule has 6 heteroatoms. The number of fused-ring (bicyclic) bond motifs is 1. The van der Waals surface area contributed by atoms with Crippen LogP contribution in [0.15, 0.2) is 77.6 Å². The van der Waals surface area contributed by atoms with Crippen LogP contribution in [0.1, 0.15) is 15.9 Å². The quantitative estimate of drug-likeness (QED) is 0.513. The second-order valence-corrected chi connectivity index (χ2v) is 6.39. The van der Waals surface area contributed by atoms with Gasteiger partial charge >= 0.3 is 0 Å². The Hall–Kier alpha value is -3.77. The Balaban J connectivity index is 1.68. The summed E-state index contributed by atoms with van der Waals surface area (Å²) in [7, 11) is 0. The van der Waals surface area contributed by atoms with Gasteiger partial charge in [0.05, 0.1) is 11.1 Å². The van der Waals surface area contributed by atoms with E-state index >= 15 is 0 Å². The average molecular weight is 370 g/mol. The predicted octanol–water partition coefficient (Wildman–Crippen LogP) is 3.30. The third kappa shape index (κ3) is 3.41. The van der Waals surface area contributed by atoms with Gasteiger partial charge in [-0.1, -0.05) is 42.5 Å². The van der Waals surface area contributed by atoms with E-state index in [-0.39, 0.29) is 11.5 Å². The molecule has 4 rings (SSSR count). The summed E-state index contributed by atoms with van der Waals surface area (Å²) in [6.45, 7) is 0.377. The molecule has 0 atom stereocenters. The molecule has 0 aliphatic heterocycles. The van der Waals surface area contributed by atoms with Crippen LogP contribution in [0.4, 0.5) is 5.69 Å². The summed E-state index contributed by atoms with van der Waals surface area (Å²) in [6, 6.07) is 21.9. The zero-order valence-corrected chi connectivity index (χ0v) is 15.0. The van der Waals surface area contributed by atoms with Crippen LogP contribution in [0.3, 0.4) is 0 Å². The number of hydrogen-bond acceptors (Lipinski definition) is 4. The lowest BCUT2D eigenvalue weighted by Crippen LogP contribution is -2.13. The Morgan fingerprint density at radius 2 is 1.75 bits per heavy atom. The first-order valence-corrected chi connectivity index (χ1v) is 8.84. The first-order chi connectivity index (χ1) is 13.7. The largest absolute Gasteiger partial charge is 0.326 e. The molecular formula is C22H18N4O2. The number of aromatic amines is 1. The van der Waals surface area contributed by atoms with Crippen LogP contribution in [-0.2, 0) is 6.54 Å². The highest BCUT2D eigenvalue weighted by Gasteiger charge is 2.11. The van der Waals surface area contributed by atoms with Crippen molar-refractivity contribution in [2.75, 3.05) is 5.32 Å². The molecule has 1 heterocycles. The zero-order valence-electron chi connectivity index (χ0n) is 15.0. The molecule has 0 radical (unpaired) electrons. The molecule has 0 aliphatic carbocycles. The number of anilines is 1. The van der Waals surface area contributed by atoms with Crippen LogP contribution in [0, 0.1) is 0 Å². The number of H-pyrrole nitrogens is 1. The number of nitrogens with one attached hydrogen (secondary N) is 2. The van der Waals surface area contributed by atoms with Gasteiger partial charge in [-0.2, -0.15) is 5.10 Å². The number of hydrogen-bond donors (Lipinski definition) is 3. The Kier molecular flexibility index (Phi) is 4.70. The minimum Gasteiger partial charge on any atom is -0.326 e. The topological polar surface area (TPSA) is 101 Å². The van der Waals surface area contributed by atoms with Crippen molar-refractivity contribution in [1.82, 2.24) is 10.2 Å². The van der Waals surface area contributed by atoms with Crippen molar-refractivity contribution in [1.29, 1.82) is 0 Å². The monoisotopic (exact) mass is 370 g/mol. The van der Waals surface area contributed by atoms with Crippen molar-refractivity contribution >= 4 is 22.4 Å². The molecule has 0 saturated heterocycles. The highest BCUT2D eigenvalue weighted by atomic mass is 16.1. The van der Waals surface area contributed by atoms with E-state index in [1.54, 1.807) is 18.2 Å². The van der Waals surface area contributed by atoms with Crippen molar-refractivity contribution in [2.24, 2.45) is 5.73 Å². The van der Waals surface area contributed by atoms with Gasteiger partial charge in [0.2, 0.25) is 0 Å². The minimum atomic E-state index is -0.233. The number of rotatable bonds is 4. The van der Waals surface area contributed by atoms with Gasteiger partial charge in [-0.25, -0.2) is 5.10 Å². The molecule has 1 amide bonds. The molecular weight excluding hydrogens is 352 g/mol. The van der Waals surface area contributed by atoms with Crippen molar-refractivity contribution in [3.63, 3.8) is 0 Å². The van der Waals surface area contributed by atoms with Gasteiger partial charge < -0.3 is 11.1 Å². The maximum atomic E-state index is 12.6. The molecule has 0 aliphatic rings. The normalized spacial score (nSPS) is 10.8. The van der Waals surface area contributed by atoms with Gasteiger partial charge in [0.15, 0.2) is 0 Å². The molecule has 0 unspecified atom stereocenters. The molecule has 6 nitrogen and oxygen atoms in total. The molecule has 3 aromatic carbocycles. The average Bonchev–Trinajstić information content (AvgIpc) is 2.74. The van der Waals surface area contributed by atoms with Crippen LogP contribution in [0.2, 0.25) is 0 Å². The second-order valence-electron chi connectivity index (χ2n) is 6.39. The molecule has 4 N–H and O–H groups in total. The van der Waals surface area contributed by atoms with Gasteiger partial charge in [0, 0.05) is 28.7 Å². The van der Waals surface area contributed by atoms with E-state index in [0.717, 1.165) is 16.5 Å². The van der Waals surface area contributed by atoms with Crippen LogP contribution in [-0.4, -0.2) is 16.1 Å². The Morgan fingerprint density at radius 1 is 0.964 bits per heavy atom.